The van der Waals surface area contributed by atoms with Gasteiger partial charge in [0.1, 0.15) is 0 Å². The number of morpholine rings is 1. The quantitative estimate of drug-likeness (QED) is 0.932. The minimum Gasteiger partial charge on any atom is -0.378 e. The molecule has 6 heteroatoms. The topological polar surface area (TPSA) is 60.2 Å². The molecule has 1 fully saturated rings. The van der Waals surface area contributed by atoms with E-state index in [1.807, 2.05) is 24.3 Å². The normalized spacial score (nSPS) is 19.1. The molecule has 1 atom stereocenters. The van der Waals surface area contributed by atoms with Crippen molar-refractivity contribution in [1.29, 1.82) is 0 Å². The third kappa shape index (κ3) is 3.56. The minimum absolute atomic E-state index is 0.253. The zero-order valence-corrected chi connectivity index (χ0v) is 11.8. The lowest BCUT2D eigenvalue weighted by Crippen LogP contribution is -2.42. The van der Waals surface area contributed by atoms with Crippen molar-refractivity contribution in [3.05, 3.63) is 46.6 Å². The monoisotopic (exact) mass is 293 g/mol. The highest BCUT2D eigenvalue weighted by Crippen LogP contribution is 2.14. The fourth-order valence-electron chi connectivity index (χ4n) is 2.24. The molecule has 1 aromatic carbocycles. The molecule has 0 amide bonds. The maximum absolute atomic E-state index is 5.96. The van der Waals surface area contributed by atoms with Crippen LogP contribution in [0.2, 0.25) is 5.02 Å². The lowest BCUT2D eigenvalue weighted by atomic mass is 10.1. The van der Waals surface area contributed by atoms with Crippen LogP contribution in [0.25, 0.3) is 0 Å². The first-order valence-corrected chi connectivity index (χ1v) is 7.04. The molecule has 5 nitrogen and oxygen atoms in total. The van der Waals surface area contributed by atoms with E-state index in [1.165, 1.54) is 0 Å². The molecule has 1 aliphatic rings. The zero-order chi connectivity index (χ0) is 13.8. The van der Waals surface area contributed by atoms with Gasteiger partial charge < -0.3 is 14.6 Å². The summed E-state index contributed by atoms with van der Waals surface area (Å²) in [6.07, 6.45) is 1.32. The van der Waals surface area contributed by atoms with Gasteiger partial charge in [0.05, 0.1) is 13.2 Å². The molecule has 0 bridgehead atoms. The molecule has 0 saturated carbocycles. The summed E-state index contributed by atoms with van der Waals surface area (Å²) in [4.78, 5) is 4.41. The highest BCUT2D eigenvalue weighted by molar-refractivity contribution is 6.30. The van der Waals surface area contributed by atoms with Crippen molar-refractivity contribution in [3.63, 3.8) is 0 Å². The molecule has 20 heavy (non-hydrogen) atoms. The number of halogens is 1. The summed E-state index contributed by atoms with van der Waals surface area (Å²) < 4.78 is 10.7. The zero-order valence-electron chi connectivity index (χ0n) is 11.0. The van der Waals surface area contributed by atoms with Crippen LogP contribution in [-0.2, 0) is 17.6 Å². The third-order valence-corrected chi connectivity index (χ3v) is 3.42. The van der Waals surface area contributed by atoms with Crippen LogP contribution in [0.1, 0.15) is 17.3 Å². The van der Waals surface area contributed by atoms with Gasteiger partial charge in [-0.2, -0.15) is 4.98 Å². The van der Waals surface area contributed by atoms with Gasteiger partial charge >= 0.3 is 0 Å². The van der Waals surface area contributed by atoms with Crippen molar-refractivity contribution >= 4 is 11.6 Å². The smallest absolute Gasteiger partial charge is 0.228 e. The van der Waals surface area contributed by atoms with Gasteiger partial charge in [0.25, 0.3) is 0 Å². The number of hydrogen-bond acceptors (Lipinski definition) is 5. The van der Waals surface area contributed by atoms with Crippen LogP contribution in [0.4, 0.5) is 0 Å². The third-order valence-electron chi connectivity index (χ3n) is 3.18. The molecule has 0 radical (unpaired) electrons. The maximum Gasteiger partial charge on any atom is 0.228 e. The summed E-state index contributed by atoms with van der Waals surface area (Å²) >= 11 is 5.96. The summed E-state index contributed by atoms with van der Waals surface area (Å²) in [7, 11) is 0. The molecule has 1 aromatic heterocycles. The van der Waals surface area contributed by atoms with E-state index in [-0.39, 0.29) is 6.04 Å². The Morgan fingerprint density at radius 1 is 1.40 bits per heavy atom. The van der Waals surface area contributed by atoms with Crippen LogP contribution in [0, 0.1) is 0 Å². The summed E-state index contributed by atoms with van der Waals surface area (Å²) in [5.74, 6) is 1.32. The predicted octanol–water partition coefficient (Wildman–Crippen LogP) is 1.84. The van der Waals surface area contributed by atoms with Gasteiger partial charge in [0.15, 0.2) is 5.82 Å². The number of rotatable bonds is 4. The number of nitrogens with zero attached hydrogens (tertiary/aromatic N) is 2. The Balaban J connectivity index is 1.61. The first-order valence-electron chi connectivity index (χ1n) is 6.66. The van der Waals surface area contributed by atoms with E-state index in [4.69, 9.17) is 20.9 Å². The maximum atomic E-state index is 5.96. The Kier molecular flexibility index (Phi) is 4.30. The number of aromatic nitrogens is 2. The largest absolute Gasteiger partial charge is 0.378 e. The molecule has 1 saturated heterocycles. The second-order valence-corrected chi connectivity index (χ2v) is 5.28. The number of benzene rings is 1. The predicted molar refractivity (Wildman–Crippen MR) is 74.9 cm³/mol. The van der Waals surface area contributed by atoms with Gasteiger partial charge in [0.2, 0.25) is 5.89 Å². The Morgan fingerprint density at radius 3 is 3.15 bits per heavy atom. The van der Waals surface area contributed by atoms with Crippen molar-refractivity contribution in [2.45, 2.75) is 18.9 Å². The van der Waals surface area contributed by atoms with Crippen molar-refractivity contribution in [2.24, 2.45) is 0 Å². The Morgan fingerprint density at radius 2 is 2.35 bits per heavy atom. The van der Waals surface area contributed by atoms with Crippen LogP contribution in [-0.4, -0.2) is 35.9 Å². The summed E-state index contributed by atoms with van der Waals surface area (Å²) in [6.45, 7) is 2.32. The average Bonchev–Trinajstić information content (AvgIpc) is 2.87. The van der Waals surface area contributed by atoms with Crippen molar-refractivity contribution < 1.29 is 9.26 Å². The van der Waals surface area contributed by atoms with Crippen LogP contribution >= 0.6 is 11.6 Å². The van der Waals surface area contributed by atoms with Crippen LogP contribution in [0.3, 0.4) is 0 Å². The molecule has 106 valence electrons. The van der Waals surface area contributed by atoms with E-state index in [2.05, 4.69) is 15.5 Å². The molecule has 2 aromatic rings. The Labute approximate surface area is 122 Å². The highest BCUT2D eigenvalue weighted by atomic mass is 35.5. The van der Waals surface area contributed by atoms with Gasteiger partial charge in [-0.25, -0.2) is 0 Å². The van der Waals surface area contributed by atoms with E-state index in [9.17, 15) is 0 Å². The van der Waals surface area contributed by atoms with E-state index in [1.54, 1.807) is 0 Å². The Hall–Kier alpha value is -1.43. The summed E-state index contributed by atoms with van der Waals surface area (Å²) in [5.41, 5.74) is 1.07. The average molecular weight is 294 g/mol. The first-order chi connectivity index (χ1) is 9.79. The van der Waals surface area contributed by atoms with Crippen LogP contribution in [0.5, 0.6) is 0 Å². The van der Waals surface area contributed by atoms with E-state index in [0.717, 1.165) is 23.7 Å². The number of ether oxygens (including phenoxy) is 1. The molecular weight excluding hydrogens is 278 g/mol. The molecule has 2 heterocycles. The first kappa shape index (κ1) is 13.5. The highest BCUT2D eigenvalue weighted by Gasteiger charge is 2.17. The molecule has 1 unspecified atom stereocenters. The molecule has 1 N–H and O–H groups in total. The van der Waals surface area contributed by atoms with Gasteiger partial charge in [-0.1, -0.05) is 28.9 Å². The fraction of sp³-hybridized carbons (Fsp3) is 0.429. The molecule has 0 spiro atoms. The van der Waals surface area contributed by atoms with Gasteiger partial charge in [0, 0.05) is 30.5 Å². The van der Waals surface area contributed by atoms with Crippen molar-refractivity contribution in [1.82, 2.24) is 15.5 Å². The van der Waals surface area contributed by atoms with Crippen LogP contribution < -0.4 is 5.32 Å². The van der Waals surface area contributed by atoms with Crippen molar-refractivity contribution in [3.8, 4) is 0 Å². The van der Waals surface area contributed by atoms with Crippen molar-refractivity contribution in [2.75, 3.05) is 19.8 Å². The SMILES string of the molecule is Clc1cccc(Cc2noc(CC3COCCN3)n2)c1. The molecule has 0 aliphatic carbocycles. The van der Waals surface area contributed by atoms with E-state index >= 15 is 0 Å². The molecule has 3 rings (SSSR count). The summed E-state index contributed by atoms with van der Waals surface area (Å²) in [6, 6.07) is 7.93. The second-order valence-electron chi connectivity index (χ2n) is 4.84. The lowest BCUT2D eigenvalue weighted by molar-refractivity contribution is 0.0744. The van der Waals surface area contributed by atoms with E-state index in [0.29, 0.717) is 31.2 Å². The molecular formula is C14H16ClN3O2. The fourth-order valence-corrected chi connectivity index (χ4v) is 2.45. The summed E-state index contributed by atoms with van der Waals surface area (Å²) in [5, 5.41) is 8.09. The van der Waals surface area contributed by atoms with Gasteiger partial charge in [-0.3, -0.25) is 0 Å². The Bertz CT molecular complexity index is 567. The second kappa shape index (κ2) is 6.35. The lowest BCUT2D eigenvalue weighted by Gasteiger charge is -2.22. The molecule has 1 aliphatic heterocycles. The van der Waals surface area contributed by atoms with Crippen LogP contribution in [0.15, 0.2) is 28.8 Å². The minimum atomic E-state index is 0.253. The number of hydrogen-bond donors (Lipinski definition) is 1. The number of nitrogens with one attached hydrogen (secondary N) is 1. The standard InChI is InChI=1S/C14H16ClN3O2/c15-11-3-1-2-10(6-11)7-13-17-14(20-18-13)8-12-9-19-5-4-16-12/h1-3,6,12,16H,4-5,7-9H2. The van der Waals surface area contributed by atoms with Gasteiger partial charge in [-0.15, -0.1) is 0 Å². The van der Waals surface area contributed by atoms with E-state index < -0.39 is 0 Å². The van der Waals surface area contributed by atoms with Gasteiger partial charge in [-0.05, 0) is 17.7 Å².